The summed E-state index contributed by atoms with van der Waals surface area (Å²) >= 11 is 0. The molecule has 1 aliphatic carbocycles. The molecule has 0 N–H and O–H groups in total. The number of aromatic nitrogens is 2. The third-order valence-electron chi connectivity index (χ3n) is 17.8. The van der Waals surface area contributed by atoms with Gasteiger partial charge in [-0.1, -0.05) is 177 Å². The molecule has 0 atom stereocenters. The monoisotopic (exact) mass is 960 g/mol. The molecule has 372 valence electrons. The number of hydrogen-bond acceptors (Lipinski definition) is 1. The lowest BCUT2D eigenvalue weighted by molar-refractivity contribution is 0.401. The van der Waals surface area contributed by atoms with Crippen molar-refractivity contribution in [1.82, 2.24) is 9.13 Å². The molecule has 0 unspecified atom stereocenters. The Hall–Kier alpha value is -6.58. The van der Waals surface area contributed by atoms with Gasteiger partial charge in [0.1, 0.15) is 0 Å². The lowest BCUT2D eigenvalue weighted by atomic mass is 9.70. The number of fused-ring (bicyclic) bond motifs is 10. The highest BCUT2D eigenvalue weighted by molar-refractivity contribution is 6.11. The first-order valence-electron chi connectivity index (χ1n) is 28.3. The SMILES string of the molecule is CCCCCCC1(CCCCCC)c2cc(-n3c4ccccc4c4cc(-c5ccc6c(c5)C/C=C(C)\C=C/CN6CC)ccc43)ccc2-c2ccc(-n3c4ccccc4c4cc(C(C)(CC)CC)ccc43)cc21. The zero-order valence-corrected chi connectivity index (χ0v) is 45.0. The predicted molar refractivity (Wildman–Crippen MR) is 317 cm³/mol. The normalized spacial score (nSPS) is 15.5. The van der Waals surface area contributed by atoms with Crippen molar-refractivity contribution in [2.75, 3.05) is 18.0 Å². The first-order valence-corrected chi connectivity index (χ1v) is 28.3. The first-order chi connectivity index (χ1) is 35.7. The van der Waals surface area contributed by atoms with E-state index in [-0.39, 0.29) is 10.8 Å². The summed E-state index contributed by atoms with van der Waals surface area (Å²) in [5, 5.41) is 5.30. The van der Waals surface area contributed by atoms with Crippen molar-refractivity contribution in [3.05, 3.63) is 186 Å². The van der Waals surface area contributed by atoms with Gasteiger partial charge in [0, 0.05) is 57.1 Å². The van der Waals surface area contributed by atoms with Gasteiger partial charge in [0.15, 0.2) is 0 Å². The van der Waals surface area contributed by atoms with Crippen LogP contribution in [-0.4, -0.2) is 22.2 Å². The number of unbranched alkanes of at least 4 members (excludes halogenated alkanes) is 6. The highest BCUT2D eigenvalue weighted by Gasteiger charge is 2.43. The second-order valence-electron chi connectivity index (χ2n) is 22.0. The van der Waals surface area contributed by atoms with E-state index in [1.807, 2.05) is 0 Å². The molecule has 3 nitrogen and oxygen atoms in total. The van der Waals surface area contributed by atoms with Gasteiger partial charge in [-0.3, -0.25) is 0 Å². The van der Waals surface area contributed by atoms with Crippen molar-refractivity contribution in [3.63, 3.8) is 0 Å². The summed E-state index contributed by atoms with van der Waals surface area (Å²) < 4.78 is 5.15. The van der Waals surface area contributed by atoms with Crippen molar-refractivity contribution >= 4 is 49.3 Å². The molecule has 0 spiro atoms. The maximum Gasteiger partial charge on any atom is 0.0541 e. The summed E-state index contributed by atoms with van der Waals surface area (Å²) in [7, 11) is 0. The van der Waals surface area contributed by atoms with E-state index in [1.54, 1.807) is 0 Å². The van der Waals surface area contributed by atoms with Crippen LogP contribution in [0, 0.1) is 0 Å². The Balaban J connectivity index is 1.06. The van der Waals surface area contributed by atoms with Crippen molar-refractivity contribution in [2.45, 2.75) is 143 Å². The molecule has 0 bridgehead atoms. The van der Waals surface area contributed by atoms with Crippen molar-refractivity contribution < 1.29 is 0 Å². The zero-order valence-electron chi connectivity index (χ0n) is 45.0. The van der Waals surface area contributed by atoms with Crippen LogP contribution in [-0.2, 0) is 17.3 Å². The lowest BCUT2D eigenvalue weighted by Gasteiger charge is -2.33. The van der Waals surface area contributed by atoms with Crippen LogP contribution in [0.15, 0.2) is 163 Å². The maximum absolute atomic E-state index is 2.64. The average molecular weight is 960 g/mol. The fourth-order valence-corrected chi connectivity index (χ4v) is 13.2. The maximum atomic E-state index is 2.64. The second kappa shape index (κ2) is 20.4. The van der Waals surface area contributed by atoms with E-state index >= 15 is 0 Å². The molecular weight excluding hydrogens is 883 g/mol. The van der Waals surface area contributed by atoms with Crippen molar-refractivity contribution in [3.8, 4) is 33.6 Å². The lowest BCUT2D eigenvalue weighted by Crippen LogP contribution is -2.26. The summed E-state index contributed by atoms with van der Waals surface area (Å²) in [6, 6.07) is 55.1. The molecule has 2 aliphatic rings. The predicted octanol–water partition coefficient (Wildman–Crippen LogP) is 19.7. The molecule has 3 heterocycles. The zero-order chi connectivity index (χ0) is 50.3. The summed E-state index contributed by atoms with van der Waals surface area (Å²) in [5.74, 6) is 0. The quantitative estimate of drug-likeness (QED) is 0.0829. The van der Waals surface area contributed by atoms with E-state index in [1.165, 1.54) is 162 Å². The third-order valence-corrected chi connectivity index (χ3v) is 17.8. The fraction of sp³-hybridized carbons (Fsp3) is 0.343. The molecule has 1 aliphatic heterocycles. The second-order valence-corrected chi connectivity index (χ2v) is 22.0. The van der Waals surface area contributed by atoms with Gasteiger partial charge < -0.3 is 14.0 Å². The minimum atomic E-state index is -0.0966. The number of anilines is 1. The van der Waals surface area contributed by atoms with Crippen molar-refractivity contribution in [2.24, 2.45) is 0 Å². The van der Waals surface area contributed by atoms with Crippen LogP contribution in [0.1, 0.15) is 148 Å². The molecule has 0 saturated heterocycles. The summed E-state index contributed by atoms with van der Waals surface area (Å²) in [6.45, 7) is 18.2. The Bertz CT molecular complexity index is 3530. The van der Waals surface area contributed by atoms with Crippen LogP contribution in [0.4, 0.5) is 5.69 Å². The molecule has 0 amide bonds. The number of nitrogens with zero attached hydrogens (tertiary/aromatic N) is 3. The largest absolute Gasteiger partial charge is 0.368 e. The third kappa shape index (κ3) is 8.55. The van der Waals surface area contributed by atoms with Crippen LogP contribution in [0.3, 0.4) is 0 Å². The summed E-state index contributed by atoms with van der Waals surface area (Å²) in [4.78, 5) is 2.49. The standard InChI is InChI=1S/C70H77N3/c1-8-13-15-21-41-70(42-22-16-14-9-2)62-47-54(34-36-56(62)57-37-35-55(48-63(57)70)73-66-28-20-18-26-59(66)61-46-53(33-40-68(61)73)69(7,10-3)11-4)72-65-27-19-17-25-58(65)60-45-51(32-39-67(60)72)50-31-38-64-52(44-50)30-29-49(6)24-23-43-71(64)12-5/h17-20,23-29,31-40,44-48H,8-16,21-22,30,41-43H2,1-7H3/b24-23-,49-29-. The topological polar surface area (TPSA) is 13.1 Å². The summed E-state index contributed by atoms with van der Waals surface area (Å²) in [6.07, 6.45) is 22.5. The van der Waals surface area contributed by atoms with E-state index in [4.69, 9.17) is 0 Å². The van der Waals surface area contributed by atoms with E-state index in [0.29, 0.717) is 0 Å². The van der Waals surface area contributed by atoms with Gasteiger partial charge in [0.2, 0.25) is 0 Å². The van der Waals surface area contributed by atoms with Gasteiger partial charge in [-0.05, 0) is 169 Å². The number of benzene rings is 7. The first kappa shape index (κ1) is 48.7. The Kier molecular flexibility index (Phi) is 13.6. The number of allylic oxidation sites excluding steroid dienone is 3. The molecule has 9 aromatic rings. The fourth-order valence-electron chi connectivity index (χ4n) is 13.2. The van der Waals surface area contributed by atoms with Crippen LogP contribution in [0.2, 0.25) is 0 Å². The van der Waals surface area contributed by atoms with E-state index in [0.717, 1.165) is 45.2 Å². The van der Waals surface area contributed by atoms with Crippen LogP contribution < -0.4 is 4.90 Å². The molecule has 0 radical (unpaired) electrons. The average Bonchev–Trinajstić information content (AvgIpc) is 4.06. The smallest absolute Gasteiger partial charge is 0.0541 e. The van der Waals surface area contributed by atoms with E-state index in [2.05, 4.69) is 220 Å². The van der Waals surface area contributed by atoms with Gasteiger partial charge in [-0.15, -0.1) is 0 Å². The molecule has 73 heavy (non-hydrogen) atoms. The molecule has 2 aromatic heterocycles. The number of likely N-dealkylation sites (N-methyl/N-ethyl adjacent to an activating group) is 1. The van der Waals surface area contributed by atoms with Gasteiger partial charge in [-0.25, -0.2) is 0 Å². The molecular formula is C70H77N3. The Morgan fingerprint density at radius 1 is 0.521 bits per heavy atom. The van der Waals surface area contributed by atoms with Gasteiger partial charge in [-0.2, -0.15) is 0 Å². The highest BCUT2D eigenvalue weighted by atomic mass is 15.1. The number of rotatable bonds is 17. The molecule has 0 fully saturated rings. The minimum absolute atomic E-state index is 0.0966. The van der Waals surface area contributed by atoms with E-state index < -0.39 is 0 Å². The molecule has 3 heteroatoms. The van der Waals surface area contributed by atoms with Crippen LogP contribution >= 0.6 is 0 Å². The molecule has 7 aromatic carbocycles. The van der Waals surface area contributed by atoms with Crippen LogP contribution in [0.5, 0.6) is 0 Å². The van der Waals surface area contributed by atoms with Crippen molar-refractivity contribution in [1.29, 1.82) is 0 Å². The van der Waals surface area contributed by atoms with E-state index in [9.17, 15) is 0 Å². The number of para-hydroxylation sites is 2. The highest BCUT2D eigenvalue weighted by Crippen LogP contribution is 2.56. The molecule has 11 rings (SSSR count). The number of hydrogen-bond donors (Lipinski definition) is 0. The van der Waals surface area contributed by atoms with Gasteiger partial charge >= 0.3 is 0 Å². The Morgan fingerprint density at radius 2 is 1.07 bits per heavy atom. The van der Waals surface area contributed by atoms with Gasteiger partial charge in [0.05, 0.1) is 22.1 Å². The molecule has 0 saturated carbocycles. The van der Waals surface area contributed by atoms with Gasteiger partial charge in [0.25, 0.3) is 0 Å². The summed E-state index contributed by atoms with van der Waals surface area (Å²) in [5.41, 5.74) is 21.6. The van der Waals surface area contributed by atoms with Crippen LogP contribution in [0.25, 0.3) is 77.2 Å². The minimum Gasteiger partial charge on any atom is -0.368 e. The Morgan fingerprint density at radius 3 is 1.66 bits per heavy atom. The Labute approximate surface area is 436 Å².